The van der Waals surface area contributed by atoms with E-state index < -0.39 is 17.5 Å². The Hall–Kier alpha value is -2.07. The molecule has 0 saturated heterocycles. The first-order chi connectivity index (χ1) is 11.0. The molecule has 0 aliphatic carbocycles. The van der Waals surface area contributed by atoms with Crippen LogP contribution in [0.2, 0.25) is 5.15 Å². The molecule has 1 aromatic heterocycles. The molecular formula is C16H22ClFN4O2. The van der Waals surface area contributed by atoms with E-state index in [0.717, 1.165) is 6.07 Å². The van der Waals surface area contributed by atoms with E-state index in [4.69, 9.17) is 21.6 Å². The fourth-order valence-corrected chi connectivity index (χ4v) is 1.96. The molecule has 0 bridgehead atoms. The Balaban J connectivity index is 2.79. The highest BCUT2D eigenvalue weighted by molar-refractivity contribution is 6.30. The first-order valence-corrected chi connectivity index (χ1v) is 7.90. The smallest absolute Gasteiger partial charge is 0.407 e. The van der Waals surface area contributed by atoms with Crippen molar-refractivity contribution in [1.82, 2.24) is 10.3 Å². The second-order valence-corrected chi connectivity index (χ2v) is 7.00. The van der Waals surface area contributed by atoms with Crippen LogP contribution in [0.3, 0.4) is 0 Å². The van der Waals surface area contributed by atoms with Crippen LogP contribution >= 0.6 is 11.6 Å². The van der Waals surface area contributed by atoms with E-state index >= 15 is 0 Å². The highest BCUT2D eigenvalue weighted by atomic mass is 35.5. The summed E-state index contributed by atoms with van der Waals surface area (Å²) in [7, 11) is 0. The van der Waals surface area contributed by atoms with E-state index in [-0.39, 0.29) is 35.0 Å². The molecular weight excluding hydrogens is 335 g/mol. The molecule has 1 heterocycles. The molecule has 132 valence electrons. The molecule has 2 N–H and O–H groups in total. The number of carbonyl (C=O) groups excluding carboxylic acids is 1. The Bertz CT molecular complexity index is 638. The second kappa shape index (κ2) is 8.15. The molecule has 1 rings (SSSR count). The van der Waals surface area contributed by atoms with E-state index in [1.807, 2.05) is 13.8 Å². The van der Waals surface area contributed by atoms with Crippen LogP contribution in [-0.4, -0.2) is 29.3 Å². The van der Waals surface area contributed by atoms with Crippen LogP contribution in [0.15, 0.2) is 6.07 Å². The van der Waals surface area contributed by atoms with Crippen LogP contribution in [-0.2, 0) is 4.74 Å². The standard InChI is InChI=1S/C16H22ClFN4O2/c1-9(2)12(8-20-15(23)24-16(3,4)5)21-14-11(18)6-10(7-19)13(17)22-14/h6,9,12H,8H2,1-5H3,(H,20,23)(H,21,22). The van der Waals surface area contributed by atoms with Crippen molar-refractivity contribution in [2.75, 3.05) is 11.9 Å². The number of carbonyl (C=O) groups is 1. The van der Waals surface area contributed by atoms with Crippen LogP contribution in [0, 0.1) is 23.1 Å². The summed E-state index contributed by atoms with van der Waals surface area (Å²) in [6.07, 6.45) is -0.554. The Labute approximate surface area is 146 Å². The molecule has 0 saturated carbocycles. The SMILES string of the molecule is CC(C)C(CNC(=O)OC(C)(C)C)Nc1nc(Cl)c(C#N)cc1F. The summed E-state index contributed by atoms with van der Waals surface area (Å²) in [5.74, 6) is -0.682. The van der Waals surface area contributed by atoms with Crippen molar-refractivity contribution in [1.29, 1.82) is 5.26 Å². The molecule has 0 aliphatic rings. The maximum absolute atomic E-state index is 14.0. The third kappa shape index (κ3) is 6.20. The summed E-state index contributed by atoms with van der Waals surface area (Å²) in [5, 5.41) is 14.3. The van der Waals surface area contributed by atoms with E-state index in [9.17, 15) is 9.18 Å². The van der Waals surface area contributed by atoms with Gasteiger partial charge in [-0.1, -0.05) is 25.4 Å². The number of anilines is 1. The molecule has 0 aromatic carbocycles. The number of halogens is 2. The van der Waals surface area contributed by atoms with Crippen molar-refractivity contribution in [3.63, 3.8) is 0 Å². The Morgan fingerprint density at radius 1 is 1.50 bits per heavy atom. The quantitative estimate of drug-likeness (QED) is 0.785. The predicted octanol–water partition coefficient (Wildman–Crippen LogP) is 3.71. The summed E-state index contributed by atoms with van der Waals surface area (Å²) in [6, 6.07) is 2.49. The molecule has 0 spiro atoms. The van der Waals surface area contributed by atoms with E-state index in [1.165, 1.54) is 0 Å². The van der Waals surface area contributed by atoms with Crippen molar-refractivity contribution in [2.24, 2.45) is 5.92 Å². The third-order valence-corrected chi connectivity index (χ3v) is 3.33. The maximum Gasteiger partial charge on any atom is 0.407 e. The van der Waals surface area contributed by atoms with Gasteiger partial charge in [-0.25, -0.2) is 14.2 Å². The largest absolute Gasteiger partial charge is 0.444 e. The number of hydrogen-bond acceptors (Lipinski definition) is 5. The third-order valence-electron chi connectivity index (χ3n) is 3.04. The van der Waals surface area contributed by atoms with Crippen molar-refractivity contribution in [2.45, 2.75) is 46.3 Å². The van der Waals surface area contributed by atoms with Gasteiger partial charge in [0.2, 0.25) is 0 Å². The zero-order valence-corrected chi connectivity index (χ0v) is 15.2. The molecule has 1 unspecified atom stereocenters. The minimum atomic E-state index is -0.682. The second-order valence-electron chi connectivity index (χ2n) is 6.65. The molecule has 24 heavy (non-hydrogen) atoms. The molecule has 0 fully saturated rings. The summed E-state index contributed by atoms with van der Waals surface area (Å²) in [5.41, 5.74) is -0.633. The van der Waals surface area contributed by atoms with Gasteiger partial charge in [-0.2, -0.15) is 5.26 Å². The summed E-state index contributed by atoms with van der Waals surface area (Å²) in [6.45, 7) is 9.34. The topological polar surface area (TPSA) is 87.0 Å². The number of alkyl carbamates (subject to hydrolysis) is 1. The lowest BCUT2D eigenvalue weighted by molar-refractivity contribution is 0.0523. The van der Waals surface area contributed by atoms with Gasteiger partial charge in [-0.05, 0) is 32.8 Å². The van der Waals surface area contributed by atoms with Crippen molar-refractivity contribution < 1.29 is 13.9 Å². The van der Waals surface area contributed by atoms with Crippen molar-refractivity contribution in [3.8, 4) is 6.07 Å². The first-order valence-electron chi connectivity index (χ1n) is 7.53. The van der Waals surface area contributed by atoms with E-state index in [0.29, 0.717) is 0 Å². The van der Waals surface area contributed by atoms with Gasteiger partial charge in [0, 0.05) is 12.6 Å². The number of pyridine rings is 1. The number of amides is 1. The molecule has 0 radical (unpaired) electrons. The predicted molar refractivity (Wildman–Crippen MR) is 90.4 cm³/mol. The number of ether oxygens (including phenoxy) is 1. The number of nitrogens with one attached hydrogen (secondary N) is 2. The van der Waals surface area contributed by atoms with Gasteiger partial charge in [-0.3, -0.25) is 0 Å². The summed E-state index contributed by atoms with van der Waals surface area (Å²) < 4.78 is 19.2. The van der Waals surface area contributed by atoms with E-state index in [2.05, 4.69) is 15.6 Å². The lowest BCUT2D eigenvalue weighted by Crippen LogP contribution is -2.42. The number of nitriles is 1. The molecule has 6 nitrogen and oxygen atoms in total. The summed E-state index contributed by atoms with van der Waals surface area (Å²) >= 11 is 5.83. The molecule has 8 heteroatoms. The van der Waals surface area contributed by atoms with Crippen LogP contribution in [0.5, 0.6) is 0 Å². The number of nitrogens with zero attached hydrogens (tertiary/aromatic N) is 2. The van der Waals surface area contributed by atoms with Crippen LogP contribution in [0.4, 0.5) is 15.0 Å². The Kier molecular flexibility index (Phi) is 6.79. The van der Waals surface area contributed by atoms with Gasteiger partial charge in [0.15, 0.2) is 11.6 Å². The minimum Gasteiger partial charge on any atom is -0.444 e. The van der Waals surface area contributed by atoms with Crippen LogP contribution < -0.4 is 10.6 Å². The Morgan fingerprint density at radius 2 is 2.12 bits per heavy atom. The van der Waals surface area contributed by atoms with Crippen LogP contribution in [0.1, 0.15) is 40.2 Å². The lowest BCUT2D eigenvalue weighted by Gasteiger charge is -2.25. The normalized spacial score (nSPS) is 12.5. The Morgan fingerprint density at radius 3 is 2.62 bits per heavy atom. The maximum atomic E-state index is 14.0. The monoisotopic (exact) mass is 356 g/mol. The fourth-order valence-electron chi connectivity index (χ4n) is 1.78. The molecule has 1 amide bonds. The number of rotatable bonds is 5. The van der Waals surface area contributed by atoms with Gasteiger partial charge in [-0.15, -0.1) is 0 Å². The zero-order valence-electron chi connectivity index (χ0n) is 14.4. The summed E-state index contributed by atoms with van der Waals surface area (Å²) in [4.78, 5) is 15.6. The molecule has 1 atom stereocenters. The average Bonchev–Trinajstić information content (AvgIpc) is 2.44. The van der Waals surface area contributed by atoms with Gasteiger partial charge >= 0.3 is 6.09 Å². The van der Waals surface area contributed by atoms with Crippen molar-refractivity contribution >= 4 is 23.5 Å². The minimum absolute atomic E-state index is 0.0345. The average molecular weight is 357 g/mol. The van der Waals surface area contributed by atoms with Gasteiger partial charge in [0.25, 0.3) is 0 Å². The van der Waals surface area contributed by atoms with E-state index in [1.54, 1.807) is 26.8 Å². The highest BCUT2D eigenvalue weighted by Crippen LogP contribution is 2.21. The van der Waals surface area contributed by atoms with Gasteiger partial charge < -0.3 is 15.4 Å². The highest BCUT2D eigenvalue weighted by Gasteiger charge is 2.21. The number of hydrogen-bond donors (Lipinski definition) is 2. The lowest BCUT2D eigenvalue weighted by atomic mass is 10.0. The molecule has 1 aromatic rings. The van der Waals surface area contributed by atoms with Crippen LogP contribution in [0.25, 0.3) is 0 Å². The zero-order chi connectivity index (χ0) is 18.5. The molecule has 0 aliphatic heterocycles. The fraction of sp³-hybridized carbons (Fsp3) is 0.562. The van der Waals surface area contributed by atoms with Gasteiger partial charge in [0.1, 0.15) is 16.8 Å². The van der Waals surface area contributed by atoms with Gasteiger partial charge in [0.05, 0.1) is 5.56 Å². The van der Waals surface area contributed by atoms with Crippen molar-refractivity contribution in [3.05, 3.63) is 22.6 Å². The first kappa shape index (κ1) is 20.0. The number of aromatic nitrogens is 1.